The smallest absolute Gasteiger partial charge is 0.317 e. The molecule has 0 saturated heterocycles. The van der Waals surface area contributed by atoms with Gasteiger partial charge in [0.1, 0.15) is 0 Å². The summed E-state index contributed by atoms with van der Waals surface area (Å²) in [6.45, 7) is -1.09. The van der Waals surface area contributed by atoms with E-state index >= 15 is 0 Å². The van der Waals surface area contributed by atoms with E-state index in [1.54, 1.807) is 41.3 Å². The van der Waals surface area contributed by atoms with Crippen LogP contribution in [0.25, 0.3) is 0 Å². The fourth-order valence-corrected chi connectivity index (χ4v) is 6.35. The van der Waals surface area contributed by atoms with Crippen LogP contribution in [0.1, 0.15) is 69.6 Å². The third-order valence-corrected chi connectivity index (χ3v) is 8.99. The summed E-state index contributed by atoms with van der Waals surface area (Å²) in [6, 6.07) is 17.5. The lowest BCUT2D eigenvalue weighted by Crippen LogP contribution is -2.56. The van der Waals surface area contributed by atoms with Gasteiger partial charge in [-0.25, -0.2) is 0 Å². The van der Waals surface area contributed by atoms with Crippen molar-refractivity contribution in [1.82, 2.24) is 31.0 Å². The molecule has 282 valence electrons. The monoisotopic (exact) mass is 731 g/mol. The highest BCUT2D eigenvalue weighted by atomic mass is 16.4. The van der Waals surface area contributed by atoms with Crippen molar-refractivity contribution >= 4 is 35.6 Å². The molecule has 0 spiro atoms. The first kappa shape index (κ1) is 40.1. The second kappa shape index (κ2) is 19.8. The Hall–Kier alpha value is -5.71. The first-order chi connectivity index (χ1) is 25.4. The van der Waals surface area contributed by atoms with Crippen LogP contribution in [-0.2, 0) is 38.7 Å². The van der Waals surface area contributed by atoms with Gasteiger partial charge in [-0.3, -0.25) is 54.4 Å². The number of carbonyl (C=O) groups excluding carboxylic acids is 3. The predicted octanol–water partition coefficient (Wildman–Crippen LogP) is 1.40. The number of nitrogens with two attached hydrogens (primary N) is 1. The molecule has 0 radical (unpaired) electrons. The van der Waals surface area contributed by atoms with Gasteiger partial charge in [0.15, 0.2) is 0 Å². The van der Waals surface area contributed by atoms with Crippen LogP contribution < -0.4 is 21.9 Å². The second-order valence-corrected chi connectivity index (χ2v) is 12.9. The number of hydrogen-bond acceptors (Lipinski definition) is 10. The van der Waals surface area contributed by atoms with Gasteiger partial charge in [0, 0.05) is 36.9 Å². The maximum Gasteiger partial charge on any atom is 0.317 e. The number of aliphatic carboxylic acids is 3. The van der Waals surface area contributed by atoms with Crippen molar-refractivity contribution in [1.29, 1.82) is 0 Å². The van der Waals surface area contributed by atoms with Gasteiger partial charge in [0.2, 0.25) is 0 Å². The van der Waals surface area contributed by atoms with Gasteiger partial charge in [-0.05, 0) is 61.1 Å². The predicted molar refractivity (Wildman–Crippen MR) is 191 cm³/mol. The average Bonchev–Trinajstić information content (AvgIpc) is 3.14. The Morgan fingerprint density at radius 3 is 1.89 bits per heavy atom. The van der Waals surface area contributed by atoms with Crippen molar-refractivity contribution in [2.75, 3.05) is 19.6 Å². The Bertz CT molecular complexity index is 1710. The van der Waals surface area contributed by atoms with E-state index in [1.807, 2.05) is 30.3 Å². The summed E-state index contributed by atoms with van der Waals surface area (Å²) in [6.07, 6.45) is 5.01. The number of carbonyl (C=O) groups is 6. The van der Waals surface area contributed by atoms with E-state index in [9.17, 15) is 44.1 Å². The summed E-state index contributed by atoms with van der Waals surface area (Å²) in [7, 11) is 0. The first-order valence-corrected chi connectivity index (χ1v) is 17.2. The van der Waals surface area contributed by atoms with E-state index in [4.69, 9.17) is 5.73 Å². The van der Waals surface area contributed by atoms with E-state index < -0.39 is 66.8 Å². The topological polar surface area (TPSA) is 245 Å². The maximum atomic E-state index is 12.9. The van der Waals surface area contributed by atoms with Crippen LogP contribution in [0.2, 0.25) is 0 Å². The first-order valence-electron chi connectivity index (χ1n) is 17.2. The van der Waals surface area contributed by atoms with Gasteiger partial charge in [-0.1, -0.05) is 55.3 Å². The standard InChI is InChI=1S/C37H45N7O9/c38-29(17-12-24-6-2-1-3-7-24)37(53)42-41-36(52)26-13-10-25(11-14-26)18-40-35(51)27-15-16-28(39-19-27)20-43(21-32(45)46)30-8-4-5-9-31(30)44(22-33(47)48)23-34(49)50/h1-3,6-7,10-11,13-16,19,29-31H,4-5,8-9,12,17-18,20-23,38H2,(H,40,51)(H,41,52)(H,42,53)(H,45,46)(H,47,48)(H,49,50)/t29-,30+,31?/m1/s1. The number of hydrazine groups is 1. The molecule has 16 heteroatoms. The van der Waals surface area contributed by atoms with Crippen LogP contribution in [0.5, 0.6) is 0 Å². The Morgan fingerprint density at radius 2 is 1.30 bits per heavy atom. The van der Waals surface area contributed by atoms with Crippen LogP contribution in [0.4, 0.5) is 0 Å². The van der Waals surface area contributed by atoms with Crippen LogP contribution >= 0.6 is 0 Å². The number of pyridine rings is 1. The normalized spacial score (nSPS) is 16.1. The van der Waals surface area contributed by atoms with Crippen molar-refractivity contribution in [2.24, 2.45) is 5.73 Å². The molecule has 3 aromatic rings. The Kier molecular flexibility index (Phi) is 15.0. The molecule has 1 aliphatic rings. The number of hydrogen-bond donors (Lipinski definition) is 7. The lowest BCUT2D eigenvalue weighted by Gasteiger charge is -2.43. The van der Waals surface area contributed by atoms with E-state index in [0.717, 1.165) is 18.4 Å². The molecule has 53 heavy (non-hydrogen) atoms. The second-order valence-electron chi connectivity index (χ2n) is 12.9. The highest BCUT2D eigenvalue weighted by molar-refractivity contribution is 5.96. The number of nitrogens with zero attached hydrogens (tertiary/aromatic N) is 3. The van der Waals surface area contributed by atoms with Crippen LogP contribution in [0.15, 0.2) is 72.9 Å². The van der Waals surface area contributed by atoms with E-state index in [-0.39, 0.29) is 30.8 Å². The third-order valence-electron chi connectivity index (χ3n) is 8.99. The van der Waals surface area contributed by atoms with Crippen molar-refractivity contribution in [3.05, 3.63) is 101 Å². The lowest BCUT2D eigenvalue weighted by molar-refractivity contribution is -0.146. The summed E-state index contributed by atoms with van der Waals surface area (Å²) in [4.78, 5) is 80.1. The minimum atomic E-state index is -1.17. The largest absolute Gasteiger partial charge is 0.480 e. The number of aryl methyl sites for hydroxylation is 1. The fourth-order valence-electron chi connectivity index (χ4n) is 6.35. The number of carboxylic acid groups (broad SMARTS) is 3. The quantitative estimate of drug-likeness (QED) is 0.0917. The van der Waals surface area contributed by atoms with Gasteiger partial charge in [-0.15, -0.1) is 0 Å². The fraction of sp³-hybridized carbons (Fsp3) is 0.378. The SMILES string of the molecule is N[C@H](CCc1ccccc1)C(=O)NNC(=O)c1ccc(CNC(=O)c2ccc(CN(CC(=O)O)[C@H]3CCCCC3N(CC(=O)O)CC(=O)O)nc2)cc1. The van der Waals surface area contributed by atoms with Gasteiger partial charge in [0.25, 0.3) is 17.7 Å². The molecule has 1 saturated carbocycles. The number of aromatic nitrogens is 1. The Balaban J connectivity index is 1.28. The molecule has 0 aliphatic heterocycles. The molecular formula is C37H45N7O9. The number of rotatable bonds is 18. The molecule has 16 nitrogen and oxygen atoms in total. The summed E-state index contributed by atoms with van der Waals surface area (Å²) < 4.78 is 0. The molecule has 1 fully saturated rings. The minimum absolute atomic E-state index is 0.0913. The van der Waals surface area contributed by atoms with E-state index in [1.165, 1.54) is 11.1 Å². The van der Waals surface area contributed by atoms with Gasteiger partial charge >= 0.3 is 17.9 Å². The van der Waals surface area contributed by atoms with Crippen LogP contribution in [-0.4, -0.2) is 103 Å². The zero-order chi connectivity index (χ0) is 38.3. The third kappa shape index (κ3) is 12.8. The summed E-state index contributed by atoms with van der Waals surface area (Å²) in [5, 5.41) is 31.3. The average molecular weight is 732 g/mol. The molecule has 3 amide bonds. The van der Waals surface area contributed by atoms with Crippen molar-refractivity contribution in [2.45, 2.75) is 69.7 Å². The molecule has 1 aromatic heterocycles. The van der Waals surface area contributed by atoms with Crippen molar-refractivity contribution in [3.63, 3.8) is 0 Å². The molecular weight excluding hydrogens is 686 g/mol. The Labute approximate surface area is 306 Å². The Morgan fingerprint density at radius 1 is 0.717 bits per heavy atom. The molecule has 0 bridgehead atoms. The molecule has 4 rings (SSSR count). The molecule has 3 atom stereocenters. The van der Waals surface area contributed by atoms with Crippen LogP contribution in [0.3, 0.4) is 0 Å². The number of benzene rings is 2. The molecule has 1 heterocycles. The van der Waals surface area contributed by atoms with E-state index in [2.05, 4.69) is 21.2 Å². The molecule has 1 aliphatic carbocycles. The van der Waals surface area contributed by atoms with Crippen molar-refractivity contribution in [3.8, 4) is 0 Å². The highest BCUT2D eigenvalue weighted by Crippen LogP contribution is 2.28. The molecule has 8 N–H and O–H groups in total. The van der Waals surface area contributed by atoms with Gasteiger partial charge in [0.05, 0.1) is 36.9 Å². The number of nitrogens with one attached hydrogen (secondary N) is 3. The highest BCUT2D eigenvalue weighted by Gasteiger charge is 2.36. The maximum absolute atomic E-state index is 12.9. The summed E-state index contributed by atoms with van der Waals surface area (Å²) >= 11 is 0. The molecule has 2 aromatic carbocycles. The molecule has 1 unspecified atom stereocenters. The van der Waals surface area contributed by atoms with Gasteiger partial charge < -0.3 is 26.4 Å². The zero-order valence-corrected chi connectivity index (χ0v) is 29.1. The number of amides is 3. The van der Waals surface area contributed by atoms with Crippen LogP contribution in [0, 0.1) is 0 Å². The summed E-state index contributed by atoms with van der Waals surface area (Å²) in [5.41, 5.74) is 13.5. The number of carboxylic acids is 3. The summed E-state index contributed by atoms with van der Waals surface area (Å²) in [5.74, 6) is -4.89. The zero-order valence-electron chi connectivity index (χ0n) is 29.1. The van der Waals surface area contributed by atoms with Crippen molar-refractivity contribution < 1.29 is 44.1 Å². The van der Waals surface area contributed by atoms with E-state index in [0.29, 0.717) is 36.9 Å². The van der Waals surface area contributed by atoms with Gasteiger partial charge in [-0.2, -0.15) is 0 Å². The minimum Gasteiger partial charge on any atom is -0.480 e. The lowest BCUT2D eigenvalue weighted by atomic mass is 9.87.